The van der Waals surface area contributed by atoms with Crippen LogP contribution in [0.4, 0.5) is 0 Å². The number of allylic oxidation sites excluding steroid dienone is 2. The molecule has 31 heavy (non-hydrogen) atoms. The van der Waals surface area contributed by atoms with Crippen LogP contribution >= 0.6 is 0 Å². The van der Waals surface area contributed by atoms with Gasteiger partial charge in [0.1, 0.15) is 28.5 Å². The maximum atomic E-state index is 12.6. The van der Waals surface area contributed by atoms with E-state index in [2.05, 4.69) is 6.58 Å². The van der Waals surface area contributed by atoms with Crippen LogP contribution in [0.3, 0.4) is 0 Å². The van der Waals surface area contributed by atoms with Gasteiger partial charge in [-0.1, -0.05) is 12.2 Å². The van der Waals surface area contributed by atoms with Crippen LogP contribution < -0.4 is 14.2 Å². The first-order valence-electron chi connectivity index (χ1n) is 10.4. The van der Waals surface area contributed by atoms with E-state index in [1.165, 1.54) is 0 Å². The Morgan fingerprint density at radius 2 is 1.45 bits per heavy atom. The van der Waals surface area contributed by atoms with Gasteiger partial charge in [-0.05, 0) is 96.0 Å². The Balaban J connectivity index is 2.45. The third kappa shape index (κ3) is 7.63. The SMILES string of the molecule is C=CCc1c(OC(C)(C)C)cc(/C=C/C(=O)c2ccc(OC)cc2)cc1OC(C)(C)C. The lowest BCUT2D eigenvalue weighted by molar-refractivity contribution is 0.104. The third-order valence-electron chi connectivity index (χ3n) is 4.17. The predicted octanol–water partition coefficient (Wildman–Crippen LogP) is 6.67. The minimum Gasteiger partial charge on any atom is -0.497 e. The van der Waals surface area contributed by atoms with E-state index in [-0.39, 0.29) is 17.0 Å². The average Bonchev–Trinajstić information content (AvgIpc) is 2.66. The van der Waals surface area contributed by atoms with Gasteiger partial charge in [-0.15, -0.1) is 6.58 Å². The van der Waals surface area contributed by atoms with Crippen molar-refractivity contribution in [2.24, 2.45) is 0 Å². The van der Waals surface area contributed by atoms with Crippen molar-refractivity contribution in [2.45, 2.75) is 59.2 Å². The van der Waals surface area contributed by atoms with E-state index in [1.807, 2.05) is 59.8 Å². The number of carbonyl (C=O) groups is 1. The minimum atomic E-state index is -0.379. The van der Waals surface area contributed by atoms with Gasteiger partial charge in [0.2, 0.25) is 0 Å². The van der Waals surface area contributed by atoms with Crippen LogP contribution in [-0.2, 0) is 6.42 Å². The first-order chi connectivity index (χ1) is 14.4. The highest BCUT2D eigenvalue weighted by Gasteiger charge is 2.21. The Labute approximate surface area is 186 Å². The van der Waals surface area contributed by atoms with Gasteiger partial charge in [-0.2, -0.15) is 0 Å². The van der Waals surface area contributed by atoms with E-state index in [1.54, 1.807) is 43.5 Å². The molecule has 0 aliphatic carbocycles. The van der Waals surface area contributed by atoms with Crippen molar-refractivity contribution < 1.29 is 19.0 Å². The number of hydrogen-bond acceptors (Lipinski definition) is 4. The normalized spacial score (nSPS) is 12.0. The summed E-state index contributed by atoms with van der Waals surface area (Å²) >= 11 is 0. The molecular formula is C27H34O4. The Bertz CT molecular complexity index is 902. The van der Waals surface area contributed by atoms with Gasteiger partial charge in [-0.25, -0.2) is 0 Å². The molecule has 0 unspecified atom stereocenters. The summed E-state index contributed by atoms with van der Waals surface area (Å²) in [7, 11) is 1.60. The van der Waals surface area contributed by atoms with Crippen molar-refractivity contribution in [3.63, 3.8) is 0 Å². The fraction of sp³-hybridized carbons (Fsp3) is 0.370. The minimum absolute atomic E-state index is 0.0885. The zero-order chi connectivity index (χ0) is 23.2. The first-order valence-corrected chi connectivity index (χ1v) is 10.4. The molecule has 0 saturated heterocycles. The molecule has 0 fully saturated rings. The quantitative estimate of drug-likeness (QED) is 0.271. The number of ketones is 1. The summed E-state index contributed by atoms with van der Waals surface area (Å²) in [4.78, 5) is 12.6. The second kappa shape index (κ2) is 9.86. The van der Waals surface area contributed by atoms with Crippen LogP contribution in [0.25, 0.3) is 6.08 Å². The zero-order valence-electron chi connectivity index (χ0n) is 19.7. The Kier molecular flexibility index (Phi) is 7.72. The van der Waals surface area contributed by atoms with E-state index in [9.17, 15) is 4.79 Å². The highest BCUT2D eigenvalue weighted by molar-refractivity contribution is 6.06. The maximum Gasteiger partial charge on any atom is 0.185 e. The van der Waals surface area contributed by atoms with E-state index in [0.29, 0.717) is 17.7 Å². The van der Waals surface area contributed by atoms with Gasteiger partial charge in [0.25, 0.3) is 0 Å². The van der Waals surface area contributed by atoms with E-state index >= 15 is 0 Å². The number of benzene rings is 2. The molecule has 0 amide bonds. The standard InChI is InChI=1S/C27H34O4/c1-9-10-22-24(30-26(2,3)4)17-19(18-25(22)31-27(5,6)7)11-16-23(28)20-12-14-21(29-8)15-13-20/h9,11-18H,1,10H2,2-8H3/b16-11+. The van der Waals surface area contributed by atoms with E-state index in [4.69, 9.17) is 14.2 Å². The van der Waals surface area contributed by atoms with Crippen molar-refractivity contribution in [3.05, 3.63) is 71.8 Å². The lowest BCUT2D eigenvalue weighted by Crippen LogP contribution is -2.26. The molecule has 0 aliphatic rings. The van der Waals surface area contributed by atoms with Crippen molar-refractivity contribution in [3.8, 4) is 17.2 Å². The fourth-order valence-electron chi connectivity index (χ4n) is 2.95. The lowest BCUT2D eigenvalue weighted by atomic mass is 10.0. The zero-order valence-corrected chi connectivity index (χ0v) is 19.7. The molecule has 0 aromatic heterocycles. The smallest absolute Gasteiger partial charge is 0.185 e. The predicted molar refractivity (Wildman–Crippen MR) is 127 cm³/mol. The van der Waals surface area contributed by atoms with Crippen LogP contribution in [0.2, 0.25) is 0 Å². The molecule has 0 aliphatic heterocycles. The molecule has 0 saturated carbocycles. The van der Waals surface area contributed by atoms with Gasteiger partial charge in [-0.3, -0.25) is 4.79 Å². The summed E-state index contributed by atoms with van der Waals surface area (Å²) < 4.78 is 17.6. The van der Waals surface area contributed by atoms with E-state index < -0.39 is 0 Å². The van der Waals surface area contributed by atoms with Gasteiger partial charge in [0, 0.05) is 11.1 Å². The van der Waals surface area contributed by atoms with Gasteiger partial charge < -0.3 is 14.2 Å². The van der Waals surface area contributed by atoms with Gasteiger partial charge >= 0.3 is 0 Å². The summed E-state index contributed by atoms with van der Waals surface area (Å²) in [6.07, 6.45) is 5.80. The molecule has 0 atom stereocenters. The van der Waals surface area contributed by atoms with E-state index in [0.717, 1.165) is 22.6 Å². The molecule has 0 N–H and O–H groups in total. The van der Waals surface area contributed by atoms with Crippen LogP contribution in [0.5, 0.6) is 17.2 Å². The Morgan fingerprint density at radius 1 is 0.935 bits per heavy atom. The highest BCUT2D eigenvalue weighted by Crippen LogP contribution is 2.36. The third-order valence-corrected chi connectivity index (χ3v) is 4.17. The summed E-state index contributed by atoms with van der Waals surface area (Å²) in [5.74, 6) is 2.08. The first kappa shape index (κ1) is 24.3. The molecule has 166 valence electrons. The number of ether oxygens (including phenoxy) is 3. The molecule has 4 heteroatoms. The highest BCUT2D eigenvalue weighted by atomic mass is 16.5. The average molecular weight is 423 g/mol. The number of hydrogen-bond donors (Lipinski definition) is 0. The topological polar surface area (TPSA) is 44.8 Å². The van der Waals surface area contributed by atoms with Crippen molar-refractivity contribution in [1.29, 1.82) is 0 Å². The molecule has 4 nitrogen and oxygen atoms in total. The van der Waals surface area contributed by atoms with Crippen molar-refractivity contribution >= 4 is 11.9 Å². The van der Waals surface area contributed by atoms with Crippen LogP contribution in [-0.4, -0.2) is 24.1 Å². The number of rotatable bonds is 8. The summed E-state index contributed by atoms with van der Waals surface area (Å²) in [6, 6.07) is 10.9. The Hall–Kier alpha value is -3.01. The second-order valence-electron chi connectivity index (χ2n) is 9.34. The molecule has 2 rings (SSSR count). The second-order valence-corrected chi connectivity index (χ2v) is 9.34. The van der Waals surface area contributed by atoms with Gasteiger partial charge in [0.15, 0.2) is 5.78 Å². The molecule has 0 bridgehead atoms. The van der Waals surface area contributed by atoms with Crippen LogP contribution in [0, 0.1) is 0 Å². The summed E-state index contributed by atoms with van der Waals surface area (Å²) in [6.45, 7) is 15.9. The summed E-state index contributed by atoms with van der Waals surface area (Å²) in [5.41, 5.74) is 1.61. The Morgan fingerprint density at radius 3 is 1.87 bits per heavy atom. The monoisotopic (exact) mass is 422 g/mol. The molecule has 2 aromatic carbocycles. The fourth-order valence-corrected chi connectivity index (χ4v) is 2.95. The summed E-state index contributed by atoms with van der Waals surface area (Å²) in [5, 5.41) is 0. The van der Waals surface area contributed by atoms with Gasteiger partial charge in [0.05, 0.1) is 7.11 Å². The van der Waals surface area contributed by atoms with Crippen LogP contribution in [0.1, 0.15) is 63.0 Å². The number of methoxy groups -OCH3 is 1. The molecule has 2 aromatic rings. The molecule has 0 spiro atoms. The van der Waals surface area contributed by atoms with Crippen molar-refractivity contribution in [1.82, 2.24) is 0 Å². The molecule has 0 radical (unpaired) electrons. The lowest BCUT2D eigenvalue weighted by Gasteiger charge is -2.28. The largest absolute Gasteiger partial charge is 0.497 e. The number of carbonyl (C=O) groups excluding carboxylic acids is 1. The maximum absolute atomic E-state index is 12.6. The molecular weight excluding hydrogens is 388 g/mol. The molecule has 0 heterocycles. The van der Waals surface area contributed by atoms with Crippen molar-refractivity contribution in [2.75, 3.05) is 7.11 Å². The van der Waals surface area contributed by atoms with Crippen LogP contribution in [0.15, 0.2) is 55.1 Å².